The Morgan fingerprint density at radius 2 is 2.67 bits per heavy atom. The van der Waals surface area contributed by atoms with Crippen LogP contribution in [0.3, 0.4) is 0 Å². The number of carbonyl (C=O) groups is 1. The highest BCUT2D eigenvalue weighted by Gasteiger charge is 1.96. The topological polar surface area (TPSA) is 39.2 Å². The van der Waals surface area contributed by atoms with E-state index in [2.05, 4.69) is 9.72 Å². The van der Waals surface area contributed by atoms with Gasteiger partial charge < -0.3 is 4.74 Å². The van der Waals surface area contributed by atoms with Crippen molar-refractivity contribution in [3.63, 3.8) is 0 Å². The summed E-state index contributed by atoms with van der Waals surface area (Å²) in [5.74, 6) is 0. The normalized spacial score (nSPS) is 9.00. The summed E-state index contributed by atoms with van der Waals surface area (Å²) in [7, 11) is 0. The van der Waals surface area contributed by atoms with Gasteiger partial charge in [-0.15, -0.1) is 0 Å². The largest absolute Gasteiger partial charge is 0.416 e. The number of hydrogen-bond donors (Lipinski definition) is 0. The summed E-state index contributed by atoms with van der Waals surface area (Å²) in [6, 6.07) is 0. The van der Waals surface area contributed by atoms with Crippen LogP contribution in [0.15, 0.2) is 6.20 Å². The molecule has 5 heteroatoms. The molecule has 48 valence electrons. The average molecular weight is 164 g/mol. The summed E-state index contributed by atoms with van der Waals surface area (Å²) >= 11 is 6.52. The van der Waals surface area contributed by atoms with Crippen LogP contribution in [0.25, 0.3) is 0 Å². The Kier molecular flexibility index (Phi) is 2.02. The molecule has 3 nitrogen and oxygen atoms in total. The first-order chi connectivity index (χ1) is 4.33. The molecule has 0 radical (unpaired) electrons. The van der Waals surface area contributed by atoms with Gasteiger partial charge in [0, 0.05) is 0 Å². The second-order valence-corrected chi connectivity index (χ2v) is 2.72. The number of nitrogens with zero attached hydrogens (tertiary/aromatic N) is 1. The maximum atomic E-state index is 9.70. The highest BCUT2D eigenvalue weighted by Crippen LogP contribution is 2.24. The number of aromatic nitrogens is 1. The molecule has 1 heterocycles. The van der Waals surface area contributed by atoms with Gasteiger partial charge in [-0.3, -0.25) is 4.79 Å². The Hall–Kier alpha value is -0.610. The minimum absolute atomic E-state index is 0.337. The van der Waals surface area contributed by atoms with E-state index in [1.165, 1.54) is 6.20 Å². The van der Waals surface area contributed by atoms with Crippen LogP contribution in [0.5, 0.6) is 5.06 Å². The van der Waals surface area contributed by atoms with Crippen LogP contribution in [0, 0.1) is 0 Å². The van der Waals surface area contributed by atoms with E-state index in [-0.39, 0.29) is 0 Å². The maximum Gasteiger partial charge on any atom is 0.299 e. The molecule has 1 aromatic rings. The van der Waals surface area contributed by atoms with Crippen LogP contribution in [-0.4, -0.2) is 11.5 Å². The fraction of sp³-hybridized carbons (Fsp3) is 0. The minimum Gasteiger partial charge on any atom is -0.416 e. The van der Waals surface area contributed by atoms with Crippen molar-refractivity contribution in [2.45, 2.75) is 0 Å². The van der Waals surface area contributed by atoms with Crippen molar-refractivity contribution in [1.82, 2.24) is 4.98 Å². The molecule has 0 aliphatic carbocycles. The highest BCUT2D eigenvalue weighted by molar-refractivity contribution is 7.17. The fourth-order valence-electron chi connectivity index (χ4n) is 0.341. The predicted octanol–water partition coefficient (Wildman–Crippen LogP) is 1.33. The Labute approximate surface area is 60.2 Å². The highest BCUT2D eigenvalue weighted by atomic mass is 35.5. The third kappa shape index (κ3) is 1.65. The van der Waals surface area contributed by atoms with Crippen molar-refractivity contribution >= 4 is 29.4 Å². The molecule has 1 rings (SSSR count). The quantitative estimate of drug-likeness (QED) is 0.618. The summed E-state index contributed by atoms with van der Waals surface area (Å²) in [6.07, 6.45) is 1.39. The Bertz CT molecular complexity index is 212. The predicted molar refractivity (Wildman–Crippen MR) is 33.8 cm³/mol. The molecule has 1 aromatic heterocycles. The zero-order chi connectivity index (χ0) is 6.69. The minimum atomic E-state index is 0.337. The van der Waals surface area contributed by atoms with E-state index < -0.39 is 0 Å². The van der Waals surface area contributed by atoms with Crippen molar-refractivity contribution in [2.75, 3.05) is 0 Å². The molecule has 0 aliphatic rings. The summed E-state index contributed by atoms with van der Waals surface area (Å²) in [5.41, 5.74) is 0. The van der Waals surface area contributed by atoms with Crippen molar-refractivity contribution in [3.8, 4) is 5.06 Å². The SMILES string of the molecule is O=COc1cnc(Cl)s1. The summed E-state index contributed by atoms with van der Waals surface area (Å²) in [5, 5.41) is 0.412. The lowest BCUT2D eigenvalue weighted by atomic mass is 10.9. The van der Waals surface area contributed by atoms with Gasteiger partial charge in [0.15, 0.2) is 4.47 Å². The van der Waals surface area contributed by atoms with Crippen LogP contribution in [-0.2, 0) is 4.79 Å². The van der Waals surface area contributed by atoms with Gasteiger partial charge in [-0.25, -0.2) is 4.98 Å². The number of ether oxygens (including phenoxy) is 1. The fourth-order valence-corrected chi connectivity index (χ4v) is 1.08. The number of carbonyl (C=O) groups excluding carboxylic acids is 1. The molecule has 0 spiro atoms. The molecule has 0 bridgehead atoms. The van der Waals surface area contributed by atoms with Gasteiger partial charge in [0.2, 0.25) is 5.06 Å². The molecule has 0 unspecified atom stereocenters. The molecule has 0 fully saturated rings. The molecular weight excluding hydrogens is 162 g/mol. The van der Waals surface area contributed by atoms with E-state index in [1.54, 1.807) is 0 Å². The number of thiazole rings is 1. The Morgan fingerprint density at radius 3 is 3.11 bits per heavy atom. The van der Waals surface area contributed by atoms with E-state index in [1.807, 2.05) is 0 Å². The number of hydrogen-bond acceptors (Lipinski definition) is 4. The zero-order valence-electron chi connectivity index (χ0n) is 4.20. The second-order valence-electron chi connectivity index (χ2n) is 1.15. The van der Waals surface area contributed by atoms with Crippen molar-refractivity contribution in [2.24, 2.45) is 0 Å². The molecule has 0 saturated carbocycles. The monoisotopic (exact) mass is 163 g/mol. The van der Waals surface area contributed by atoms with Crippen LogP contribution in [0.2, 0.25) is 4.47 Å². The van der Waals surface area contributed by atoms with Crippen molar-refractivity contribution in [1.29, 1.82) is 0 Å². The average Bonchev–Trinajstić information content (AvgIpc) is 2.17. The first kappa shape index (κ1) is 6.51. The van der Waals surface area contributed by atoms with Gasteiger partial charge >= 0.3 is 0 Å². The van der Waals surface area contributed by atoms with Gasteiger partial charge in [-0.05, 0) is 0 Å². The Morgan fingerprint density at radius 1 is 1.89 bits per heavy atom. The summed E-state index contributed by atoms with van der Waals surface area (Å²) < 4.78 is 4.79. The summed E-state index contributed by atoms with van der Waals surface area (Å²) in [6.45, 7) is 0.337. The van der Waals surface area contributed by atoms with Crippen molar-refractivity contribution < 1.29 is 9.53 Å². The first-order valence-corrected chi connectivity index (χ1v) is 3.24. The molecule has 0 amide bonds. The van der Waals surface area contributed by atoms with E-state index in [9.17, 15) is 4.79 Å². The third-order valence-electron chi connectivity index (χ3n) is 0.621. The van der Waals surface area contributed by atoms with Gasteiger partial charge in [0.25, 0.3) is 6.47 Å². The number of rotatable bonds is 2. The lowest BCUT2D eigenvalue weighted by molar-refractivity contribution is -0.120. The van der Waals surface area contributed by atoms with Gasteiger partial charge in [-0.2, -0.15) is 0 Å². The third-order valence-corrected chi connectivity index (χ3v) is 1.63. The van der Waals surface area contributed by atoms with Crippen LogP contribution in [0.1, 0.15) is 0 Å². The lowest BCUT2D eigenvalue weighted by Crippen LogP contribution is -1.82. The van der Waals surface area contributed by atoms with Crippen LogP contribution in [0.4, 0.5) is 0 Å². The maximum absolute atomic E-state index is 9.70. The lowest BCUT2D eigenvalue weighted by Gasteiger charge is -1.83. The number of halogens is 1. The first-order valence-electron chi connectivity index (χ1n) is 2.04. The molecular formula is C4H2ClNO2S. The smallest absolute Gasteiger partial charge is 0.299 e. The van der Waals surface area contributed by atoms with Gasteiger partial charge in [-0.1, -0.05) is 22.9 Å². The second kappa shape index (κ2) is 2.80. The van der Waals surface area contributed by atoms with E-state index in [0.29, 0.717) is 16.0 Å². The van der Waals surface area contributed by atoms with Crippen molar-refractivity contribution in [3.05, 3.63) is 10.7 Å². The molecule has 0 saturated heterocycles. The summed E-state index contributed by atoms with van der Waals surface area (Å²) in [4.78, 5) is 13.3. The van der Waals surface area contributed by atoms with E-state index in [0.717, 1.165) is 11.3 Å². The molecule has 0 aromatic carbocycles. The van der Waals surface area contributed by atoms with Crippen LogP contribution >= 0.6 is 22.9 Å². The van der Waals surface area contributed by atoms with E-state index >= 15 is 0 Å². The molecule has 0 atom stereocenters. The van der Waals surface area contributed by atoms with Crippen LogP contribution < -0.4 is 4.74 Å². The zero-order valence-corrected chi connectivity index (χ0v) is 5.78. The van der Waals surface area contributed by atoms with Gasteiger partial charge in [0.1, 0.15) is 0 Å². The van der Waals surface area contributed by atoms with Gasteiger partial charge in [0.05, 0.1) is 6.20 Å². The Balaban J connectivity index is 2.72. The molecule has 9 heavy (non-hydrogen) atoms. The standard InChI is InChI=1S/C4H2ClNO2S/c5-4-6-1-3(9-4)8-2-7/h1-2H. The van der Waals surface area contributed by atoms with E-state index in [4.69, 9.17) is 11.6 Å². The molecule has 0 N–H and O–H groups in total. The molecule has 0 aliphatic heterocycles.